The molecule has 84 valence electrons. The van der Waals surface area contributed by atoms with Gasteiger partial charge in [0.05, 0.1) is 11.0 Å². The molecule has 0 saturated carbocycles. The van der Waals surface area contributed by atoms with Crippen LogP contribution in [0.3, 0.4) is 0 Å². The molecule has 0 saturated heterocycles. The molecule has 0 spiro atoms. The van der Waals surface area contributed by atoms with E-state index in [1.165, 1.54) is 6.92 Å². The summed E-state index contributed by atoms with van der Waals surface area (Å²) >= 11 is 0. The van der Waals surface area contributed by atoms with Gasteiger partial charge in [-0.05, 0) is 25.1 Å². The Morgan fingerprint density at radius 3 is 2.88 bits per heavy atom. The van der Waals surface area contributed by atoms with Crippen molar-refractivity contribution in [3.05, 3.63) is 28.7 Å². The number of fused-ring (bicyclic) bond motifs is 1. The first-order valence-corrected chi connectivity index (χ1v) is 5.12. The van der Waals surface area contributed by atoms with Crippen molar-refractivity contribution >= 4 is 22.6 Å². The minimum Gasteiger partial charge on any atom is -0.326 e. The summed E-state index contributed by atoms with van der Waals surface area (Å²) < 4.78 is 1.65. The van der Waals surface area contributed by atoms with Gasteiger partial charge in [0.1, 0.15) is 0 Å². The van der Waals surface area contributed by atoms with Gasteiger partial charge >= 0.3 is 5.69 Å². The summed E-state index contributed by atoms with van der Waals surface area (Å²) in [5, 5.41) is 2.67. The number of aryl methyl sites for hydroxylation is 1. The molecule has 0 aliphatic carbocycles. The van der Waals surface area contributed by atoms with E-state index in [9.17, 15) is 9.59 Å². The molecule has 0 atom stereocenters. The van der Waals surface area contributed by atoms with Gasteiger partial charge < -0.3 is 10.3 Å². The third-order valence-electron chi connectivity index (χ3n) is 2.41. The quantitative estimate of drug-likeness (QED) is 0.799. The third kappa shape index (κ3) is 1.71. The lowest BCUT2D eigenvalue weighted by Crippen LogP contribution is -2.14. The summed E-state index contributed by atoms with van der Waals surface area (Å²) in [7, 11) is 0. The predicted octanol–water partition coefficient (Wildman–Crippen LogP) is 1.31. The molecule has 1 aromatic carbocycles. The molecule has 1 heterocycles. The molecule has 2 N–H and O–H groups in total. The number of rotatable bonds is 2. The minimum absolute atomic E-state index is 0.127. The second-order valence-electron chi connectivity index (χ2n) is 3.59. The lowest BCUT2D eigenvalue weighted by atomic mass is 10.2. The molecule has 0 radical (unpaired) electrons. The number of hydrogen-bond acceptors (Lipinski definition) is 2. The zero-order valence-electron chi connectivity index (χ0n) is 9.20. The first-order valence-electron chi connectivity index (χ1n) is 5.12. The van der Waals surface area contributed by atoms with Gasteiger partial charge in [0, 0.05) is 19.2 Å². The van der Waals surface area contributed by atoms with Crippen LogP contribution in [0.5, 0.6) is 0 Å². The first kappa shape index (κ1) is 10.5. The fourth-order valence-corrected chi connectivity index (χ4v) is 1.76. The van der Waals surface area contributed by atoms with E-state index in [0.29, 0.717) is 12.2 Å². The lowest BCUT2D eigenvalue weighted by molar-refractivity contribution is -0.114. The molecule has 5 nitrogen and oxygen atoms in total. The Morgan fingerprint density at radius 1 is 1.50 bits per heavy atom. The van der Waals surface area contributed by atoms with Crippen LogP contribution in [0.25, 0.3) is 11.0 Å². The number of imidazole rings is 1. The van der Waals surface area contributed by atoms with Crippen LogP contribution >= 0.6 is 0 Å². The van der Waals surface area contributed by atoms with Crippen molar-refractivity contribution in [2.24, 2.45) is 0 Å². The molecule has 5 heteroatoms. The van der Waals surface area contributed by atoms with E-state index < -0.39 is 0 Å². The van der Waals surface area contributed by atoms with Gasteiger partial charge in [-0.15, -0.1) is 0 Å². The molecule has 0 fully saturated rings. The Hall–Kier alpha value is -2.04. The number of carbonyl (C=O) groups excluding carboxylic acids is 1. The third-order valence-corrected chi connectivity index (χ3v) is 2.41. The van der Waals surface area contributed by atoms with Crippen LogP contribution in [0.2, 0.25) is 0 Å². The molecular weight excluding hydrogens is 206 g/mol. The number of nitrogens with one attached hydrogen (secondary N) is 2. The number of H-pyrrole nitrogens is 1. The molecule has 1 aromatic heterocycles. The smallest absolute Gasteiger partial charge is 0.326 e. The normalized spacial score (nSPS) is 10.6. The minimum atomic E-state index is -0.128. The highest BCUT2D eigenvalue weighted by atomic mass is 16.1. The van der Waals surface area contributed by atoms with Gasteiger partial charge in [0.2, 0.25) is 5.91 Å². The number of anilines is 1. The highest BCUT2D eigenvalue weighted by molar-refractivity contribution is 5.91. The SMILES string of the molecule is CCn1c(=O)[nH]c2cc(NC(C)=O)ccc21. The molecule has 0 unspecified atom stereocenters. The van der Waals surface area contributed by atoms with Crippen LogP contribution in [0, 0.1) is 0 Å². The lowest BCUT2D eigenvalue weighted by Gasteiger charge is -2.02. The standard InChI is InChI=1S/C11H13N3O2/c1-3-14-10-5-4-8(12-7(2)15)6-9(10)13-11(14)16/h4-6H,3H2,1-2H3,(H,12,15)(H,13,16). The molecule has 0 bridgehead atoms. The van der Waals surface area contributed by atoms with Crippen molar-refractivity contribution in [2.45, 2.75) is 20.4 Å². The maximum absolute atomic E-state index is 11.5. The summed E-state index contributed by atoms with van der Waals surface area (Å²) in [4.78, 5) is 25.2. The highest BCUT2D eigenvalue weighted by Gasteiger charge is 2.05. The van der Waals surface area contributed by atoms with Crippen LogP contribution in [-0.4, -0.2) is 15.5 Å². The predicted molar refractivity (Wildman–Crippen MR) is 62.5 cm³/mol. The van der Waals surface area contributed by atoms with E-state index in [2.05, 4.69) is 10.3 Å². The Balaban J connectivity index is 2.56. The van der Waals surface area contributed by atoms with Crippen molar-refractivity contribution in [3.63, 3.8) is 0 Å². The fraction of sp³-hybridized carbons (Fsp3) is 0.273. The van der Waals surface area contributed by atoms with E-state index >= 15 is 0 Å². The number of hydrogen-bond donors (Lipinski definition) is 2. The van der Waals surface area contributed by atoms with Crippen molar-refractivity contribution in [3.8, 4) is 0 Å². The van der Waals surface area contributed by atoms with Crippen LogP contribution in [-0.2, 0) is 11.3 Å². The van der Waals surface area contributed by atoms with Crippen LogP contribution < -0.4 is 11.0 Å². The van der Waals surface area contributed by atoms with Crippen molar-refractivity contribution in [1.82, 2.24) is 9.55 Å². The summed E-state index contributed by atoms with van der Waals surface area (Å²) in [6, 6.07) is 5.36. The second kappa shape index (κ2) is 3.84. The number of benzene rings is 1. The van der Waals surface area contributed by atoms with Gasteiger partial charge in [0.25, 0.3) is 0 Å². The molecule has 2 aromatic rings. The molecule has 0 aliphatic heterocycles. The van der Waals surface area contributed by atoms with E-state index in [1.54, 1.807) is 16.7 Å². The number of aromatic amines is 1. The monoisotopic (exact) mass is 219 g/mol. The van der Waals surface area contributed by atoms with E-state index in [-0.39, 0.29) is 11.6 Å². The number of amides is 1. The molecule has 0 aliphatic rings. The highest BCUT2D eigenvalue weighted by Crippen LogP contribution is 2.16. The number of carbonyl (C=O) groups is 1. The Labute approximate surface area is 92.1 Å². The van der Waals surface area contributed by atoms with Crippen LogP contribution in [0.15, 0.2) is 23.0 Å². The molecular formula is C11H13N3O2. The first-order chi connectivity index (χ1) is 7.61. The Kier molecular flexibility index (Phi) is 2.52. The van der Waals surface area contributed by atoms with Crippen molar-refractivity contribution < 1.29 is 4.79 Å². The van der Waals surface area contributed by atoms with E-state index in [1.807, 2.05) is 13.0 Å². The fourth-order valence-electron chi connectivity index (χ4n) is 1.76. The van der Waals surface area contributed by atoms with Crippen molar-refractivity contribution in [2.75, 3.05) is 5.32 Å². The van der Waals surface area contributed by atoms with E-state index in [4.69, 9.17) is 0 Å². The summed E-state index contributed by atoms with van der Waals surface area (Å²) in [6.07, 6.45) is 0. The zero-order chi connectivity index (χ0) is 11.7. The Morgan fingerprint density at radius 2 is 2.25 bits per heavy atom. The largest absolute Gasteiger partial charge is 0.326 e. The van der Waals surface area contributed by atoms with Gasteiger partial charge in [-0.2, -0.15) is 0 Å². The topological polar surface area (TPSA) is 66.9 Å². The second-order valence-corrected chi connectivity index (χ2v) is 3.59. The van der Waals surface area contributed by atoms with E-state index in [0.717, 1.165) is 11.0 Å². The van der Waals surface area contributed by atoms with Crippen LogP contribution in [0.1, 0.15) is 13.8 Å². The summed E-state index contributed by atoms with van der Waals surface area (Å²) in [6.45, 7) is 3.99. The van der Waals surface area contributed by atoms with Gasteiger partial charge in [-0.25, -0.2) is 4.79 Å². The summed E-state index contributed by atoms with van der Waals surface area (Å²) in [5.41, 5.74) is 2.14. The number of nitrogens with zero attached hydrogens (tertiary/aromatic N) is 1. The Bertz CT molecular complexity index is 595. The van der Waals surface area contributed by atoms with Gasteiger partial charge in [-0.3, -0.25) is 9.36 Å². The van der Waals surface area contributed by atoms with Crippen LogP contribution in [0.4, 0.5) is 5.69 Å². The average Bonchev–Trinajstić information content (AvgIpc) is 2.51. The zero-order valence-corrected chi connectivity index (χ0v) is 9.20. The van der Waals surface area contributed by atoms with Crippen molar-refractivity contribution in [1.29, 1.82) is 0 Å². The molecule has 2 rings (SSSR count). The maximum Gasteiger partial charge on any atom is 0.326 e. The average molecular weight is 219 g/mol. The maximum atomic E-state index is 11.5. The molecule has 16 heavy (non-hydrogen) atoms. The number of aromatic nitrogens is 2. The van der Waals surface area contributed by atoms with Gasteiger partial charge in [-0.1, -0.05) is 0 Å². The van der Waals surface area contributed by atoms with Gasteiger partial charge in [0.15, 0.2) is 0 Å². The summed E-state index contributed by atoms with van der Waals surface area (Å²) in [5.74, 6) is -0.128. The molecule has 1 amide bonds.